The van der Waals surface area contributed by atoms with E-state index < -0.39 is 0 Å². The molecule has 1 aromatic carbocycles. The maximum atomic E-state index is 12.2. The number of nitrogens with zero attached hydrogens (tertiary/aromatic N) is 3. The van der Waals surface area contributed by atoms with Crippen LogP contribution in [0.25, 0.3) is 6.08 Å². The number of hydrogen-bond acceptors (Lipinski definition) is 5. The fourth-order valence-corrected chi connectivity index (χ4v) is 2.93. The molecule has 1 aliphatic rings. The average molecular weight is 356 g/mol. The highest BCUT2D eigenvalue weighted by molar-refractivity contribution is 6.01. The molecule has 0 bridgehead atoms. The van der Waals surface area contributed by atoms with Crippen LogP contribution in [0.15, 0.2) is 29.8 Å². The van der Waals surface area contributed by atoms with E-state index in [2.05, 4.69) is 29.0 Å². The Morgan fingerprint density at radius 3 is 2.50 bits per heavy atom. The van der Waals surface area contributed by atoms with Crippen LogP contribution in [0.4, 0.5) is 5.69 Å². The van der Waals surface area contributed by atoms with Crippen LogP contribution in [-0.4, -0.2) is 63.3 Å². The SMILES string of the molecule is CCN(CC)c1ccc(C=C(C#N)C(=O)NCCN2CCOCC2)cc1. The second-order valence-electron chi connectivity index (χ2n) is 6.14. The lowest BCUT2D eigenvalue weighted by molar-refractivity contribution is -0.117. The van der Waals surface area contributed by atoms with Crippen LogP contribution in [0.3, 0.4) is 0 Å². The van der Waals surface area contributed by atoms with Gasteiger partial charge in [-0.1, -0.05) is 12.1 Å². The van der Waals surface area contributed by atoms with E-state index in [9.17, 15) is 10.1 Å². The molecule has 2 rings (SSSR count). The van der Waals surface area contributed by atoms with E-state index in [1.807, 2.05) is 30.3 Å². The third kappa shape index (κ3) is 5.87. The van der Waals surface area contributed by atoms with Crippen molar-refractivity contribution in [3.8, 4) is 6.07 Å². The summed E-state index contributed by atoms with van der Waals surface area (Å²) in [5.41, 5.74) is 2.11. The van der Waals surface area contributed by atoms with Gasteiger partial charge in [-0.2, -0.15) is 5.26 Å². The van der Waals surface area contributed by atoms with Crippen molar-refractivity contribution in [1.82, 2.24) is 10.2 Å². The lowest BCUT2D eigenvalue weighted by Gasteiger charge is -2.26. The van der Waals surface area contributed by atoms with Crippen LogP contribution in [0, 0.1) is 11.3 Å². The molecular formula is C20H28N4O2. The summed E-state index contributed by atoms with van der Waals surface area (Å²) in [6.45, 7) is 10.7. The lowest BCUT2D eigenvalue weighted by Crippen LogP contribution is -2.41. The molecule has 6 nitrogen and oxygen atoms in total. The Bertz CT molecular complexity index is 639. The van der Waals surface area contributed by atoms with Crippen molar-refractivity contribution in [2.24, 2.45) is 0 Å². The maximum absolute atomic E-state index is 12.2. The Hall–Kier alpha value is -2.36. The van der Waals surface area contributed by atoms with Crippen molar-refractivity contribution in [3.05, 3.63) is 35.4 Å². The Kier molecular flexibility index (Phi) is 8.13. The molecule has 1 aromatic rings. The number of amides is 1. The zero-order valence-electron chi connectivity index (χ0n) is 15.7. The van der Waals surface area contributed by atoms with Gasteiger partial charge in [-0.05, 0) is 37.6 Å². The molecule has 1 heterocycles. The van der Waals surface area contributed by atoms with Gasteiger partial charge in [0.05, 0.1) is 13.2 Å². The van der Waals surface area contributed by atoms with Gasteiger partial charge in [0, 0.05) is 45.0 Å². The predicted octanol–water partition coefficient (Wildman–Crippen LogP) is 1.89. The summed E-state index contributed by atoms with van der Waals surface area (Å²) in [6, 6.07) is 9.91. The van der Waals surface area contributed by atoms with E-state index >= 15 is 0 Å². The molecule has 0 aromatic heterocycles. The van der Waals surface area contributed by atoms with Crippen molar-refractivity contribution in [1.29, 1.82) is 5.26 Å². The number of rotatable bonds is 8. The Labute approximate surface area is 156 Å². The fraction of sp³-hybridized carbons (Fsp3) is 0.500. The quantitative estimate of drug-likeness (QED) is 0.569. The van der Waals surface area contributed by atoms with Gasteiger partial charge in [0.15, 0.2) is 0 Å². The number of nitrogens with one attached hydrogen (secondary N) is 1. The molecule has 1 aliphatic heterocycles. The van der Waals surface area contributed by atoms with Gasteiger partial charge < -0.3 is 15.0 Å². The topological polar surface area (TPSA) is 68.6 Å². The van der Waals surface area contributed by atoms with E-state index in [1.165, 1.54) is 0 Å². The van der Waals surface area contributed by atoms with Crippen molar-refractivity contribution < 1.29 is 9.53 Å². The first-order chi connectivity index (χ1) is 12.7. The average Bonchev–Trinajstić information content (AvgIpc) is 2.69. The van der Waals surface area contributed by atoms with Gasteiger partial charge in [0.1, 0.15) is 11.6 Å². The Morgan fingerprint density at radius 2 is 1.92 bits per heavy atom. The van der Waals surface area contributed by atoms with Crippen LogP contribution in [0.5, 0.6) is 0 Å². The van der Waals surface area contributed by atoms with Crippen molar-refractivity contribution in [2.75, 3.05) is 57.4 Å². The second-order valence-corrected chi connectivity index (χ2v) is 6.14. The van der Waals surface area contributed by atoms with Crippen LogP contribution in [0.2, 0.25) is 0 Å². The highest BCUT2D eigenvalue weighted by Crippen LogP contribution is 2.16. The number of morpholine rings is 1. The first-order valence-electron chi connectivity index (χ1n) is 9.23. The van der Waals surface area contributed by atoms with Gasteiger partial charge in [0.2, 0.25) is 0 Å². The predicted molar refractivity (Wildman–Crippen MR) is 104 cm³/mol. The third-order valence-corrected chi connectivity index (χ3v) is 4.52. The molecule has 1 saturated heterocycles. The minimum atomic E-state index is -0.325. The molecule has 1 amide bonds. The maximum Gasteiger partial charge on any atom is 0.261 e. The summed E-state index contributed by atoms with van der Waals surface area (Å²) in [5.74, 6) is -0.325. The molecule has 0 spiro atoms. The van der Waals surface area contributed by atoms with E-state index in [0.717, 1.165) is 57.2 Å². The van der Waals surface area contributed by atoms with Crippen LogP contribution >= 0.6 is 0 Å². The first-order valence-corrected chi connectivity index (χ1v) is 9.23. The van der Waals surface area contributed by atoms with E-state index in [4.69, 9.17) is 4.74 Å². The molecule has 1 N–H and O–H groups in total. The van der Waals surface area contributed by atoms with E-state index in [0.29, 0.717) is 6.54 Å². The number of nitriles is 1. The van der Waals surface area contributed by atoms with E-state index in [-0.39, 0.29) is 11.5 Å². The van der Waals surface area contributed by atoms with Gasteiger partial charge in [-0.25, -0.2) is 0 Å². The van der Waals surface area contributed by atoms with Gasteiger partial charge >= 0.3 is 0 Å². The second kappa shape index (κ2) is 10.6. The molecule has 140 valence electrons. The van der Waals surface area contributed by atoms with Crippen LogP contribution < -0.4 is 10.2 Å². The third-order valence-electron chi connectivity index (χ3n) is 4.52. The fourth-order valence-electron chi connectivity index (χ4n) is 2.93. The van der Waals surface area contributed by atoms with Gasteiger partial charge in [-0.3, -0.25) is 9.69 Å². The molecule has 0 radical (unpaired) electrons. The zero-order chi connectivity index (χ0) is 18.8. The number of ether oxygens (including phenoxy) is 1. The lowest BCUT2D eigenvalue weighted by atomic mass is 10.1. The molecule has 0 unspecified atom stereocenters. The summed E-state index contributed by atoms with van der Waals surface area (Å²) < 4.78 is 5.30. The normalized spacial score (nSPS) is 15.3. The summed E-state index contributed by atoms with van der Waals surface area (Å²) >= 11 is 0. The summed E-state index contributed by atoms with van der Waals surface area (Å²) in [6.07, 6.45) is 1.63. The molecule has 0 atom stereocenters. The minimum absolute atomic E-state index is 0.127. The highest BCUT2D eigenvalue weighted by Gasteiger charge is 2.12. The summed E-state index contributed by atoms with van der Waals surface area (Å²) in [5, 5.41) is 12.1. The summed E-state index contributed by atoms with van der Waals surface area (Å²) in [7, 11) is 0. The smallest absolute Gasteiger partial charge is 0.261 e. The number of hydrogen-bond donors (Lipinski definition) is 1. The Balaban J connectivity index is 1.91. The van der Waals surface area contributed by atoms with Crippen molar-refractivity contribution in [2.45, 2.75) is 13.8 Å². The van der Waals surface area contributed by atoms with E-state index in [1.54, 1.807) is 6.08 Å². The van der Waals surface area contributed by atoms with Crippen LogP contribution in [0.1, 0.15) is 19.4 Å². The molecular weight excluding hydrogens is 328 g/mol. The summed E-state index contributed by atoms with van der Waals surface area (Å²) in [4.78, 5) is 16.7. The van der Waals surface area contributed by atoms with Crippen LogP contribution in [-0.2, 0) is 9.53 Å². The number of carbonyl (C=O) groups is 1. The largest absolute Gasteiger partial charge is 0.379 e. The van der Waals surface area contributed by atoms with Gasteiger partial charge in [-0.15, -0.1) is 0 Å². The van der Waals surface area contributed by atoms with Gasteiger partial charge in [0.25, 0.3) is 5.91 Å². The number of anilines is 1. The highest BCUT2D eigenvalue weighted by atomic mass is 16.5. The van der Waals surface area contributed by atoms with Crippen molar-refractivity contribution in [3.63, 3.8) is 0 Å². The molecule has 6 heteroatoms. The Morgan fingerprint density at radius 1 is 1.27 bits per heavy atom. The molecule has 0 saturated carbocycles. The minimum Gasteiger partial charge on any atom is -0.379 e. The zero-order valence-corrected chi connectivity index (χ0v) is 15.7. The van der Waals surface area contributed by atoms with Crippen molar-refractivity contribution >= 4 is 17.7 Å². The standard InChI is InChI=1S/C20H28N4O2/c1-3-24(4-2)19-7-5-17(6-8-19)15-18(16-21)20(25)22-9-10-23-11-13-26-14-12-23/h5-8,15H,3-4,9-14H2,1-2H3,(H,22,25). The molecule has 1 fully saturated rings. The molecule has 0 aliphatic carbocycles. The number of carbonyl (C=O) groups excluding carboxylic acids is 1. The molecule has 26 heavy (non-hydrogen) atoms. The first kappa shape index (κ1) is 20.0. The number of benzene rings is 1. The monoisotopic (exact) mass is 356 g/mol.